The van der Waals surface area contributed by atoms with E-state index >= 15 is 0 Å². The average Bonchev–Trinajstić information content (AvgIpc) is 3.63. The van der Waals surface area contributed by atoms with Crippen molar-refractivity contribution in [3.05, 3.63) is 89.7 Å². The predicted octanol–water partition coefficient (Wildman–Crippen LogP) is 4.11. The number of pyridine rings is 1. The lowest BCUT2D eigenvalue weighted by Crippen LogP contribution is -2.41. The molecular formula is C27H29N3O4S. The number of carbonyl (C=O) groups is 2. The van der Waals surface area contributed by atoms with Crippen molar-refractivity contribution >= 4 is 27.3 Å². The Balaban J connectivity index is 1.32. The fourth-order valence-electron chi connectivity index (χ4n) is 3.76. The number of hydrogen-bond donors (Lipinski definition) is 2. The molecule has 1 aliphatic rings. The van der Waals surface area contributed by atoms with Crippen LogP contribution < -0.4 is 10.6 Å². The number of rotatable bonds is 9. The van der Waals surface area contributed by atoms with Crippen LogP contribution in [-0.2, 0) is 26.6 Å². The van der Waals surface area contributed by atoms with Crippen LogP contribution in [0.3, 0.4) is 0 Å². The summed E-state index contributed by atoms with van der Waals surface area (Å²) < 4.78 is 24.7. The summed E-state index contributed by atoms with van der Waals surface area (Å²) >= 11 is 0. The molecule has 0 radical (unpaired) electrons. The van der Waals surface area contributed by atoms with E-state index in [-0.39, 0.29) is 29.9 Å². The summed E-state index contributed by atoms with van der Waals surface area (Å²) in [5, 5.41) is 5.81. The largest absolute Gasteiger partial charge is 0.343 e. The number of amides is 2. The molecular weight excluding hydrogens is 462 g/mol. The maximum atomic E-state index is 12.7. The van der Waals surface area contributed by atoms with Crippen LogP contribution in [0.2, 0.25) is 0 Å². The van der Waals surface area contributed by atoms with Gasteiger partial charge in [0, 0.05) is 23.6 Å². The van der Waals surface area contributed by atoms with Crippen molar-refractivity contribution in [2.45, 2.75) is 43.5 Å². The molecule has 0 saturated heterocycles. The highest BCUT2D eigenvalue weighted by Crippen LogP contribution is 2.32. The third kappa shape index (κ3) is 6.54. The zero-order valence-corrected chi connectivity index (χ0v) is 20.6. The fourth-order valence-corrected chi connectivity index (χ4v) is 5.46. The molecule has 3 aromatic rings. The van der Waals surface area contributed by atoms with Crippen molar-refractivity contribution in [2.75, 3.05) is 11.1 Å². The van der Waals surface area contributed by atoms with Gasteiger partial charge in [-0.2, -0.15) is 0 Å². The number of aromatic nitrogens is 1. The monoisotopic (exact) mass is 491 g/mol. The molecule has 7 nitrogen and oxygen atoms in total. The van der Waals surface area contributed by atoms with Crippen molar-refractivity contribution in [3.63, 3.8) is 0 Å². The maximum Gasteiger partial charge on any atom is 0.251 e. The quantitative estimate of drug-likeness (QED) is 0.469. The molecule has 0 bridgehead atoms. The van der Waals surface area contributed by atoms with Crippen LogP contribution in [0.5, 0.6) is 0 Å². The average molecular weight is 492 g/mol. The molecule has 1 aromatic heterocycles. The van der Waals surface area contributed by atoms with E-state index in [2.05, 4.69) is 15.6 Å². The molecule has 1 heterocycles. The van der Waals surface area contributed by atoms with Crippen LogP contribution >= 0.6 is 0 Å². The molecule has 182 valence electrons. The lowest BCUT2D eigenvalue weighted by molar-refractivity contribution is -0.115. The Kier molecular flexibility index (Phi) is 7.03. The van der Waals surface area contributed by atoms with Gasteiger partial charge >= 0.3 is 0 Å². The number of carbonyl (C=O) groups excluding carboxylic acids is 2. The van der Waals surface area contributed by atoms with Crippen molar-refractivity contribution < 1.29 is 18.0 Å². The van der Waals surface area contributed by atoms with Gasteiger partial charge in [0.25, 0.3) is 5.91 Å². The topological polar surface area (TPSA) is 105 Å². The molecule has 0 aliphatic heterocycles. The Labute approximate surface area is 205 Å². The Morgan fingerprint density at radius 3 is 2.29 bits per heavy atom. The third-order valence-corrected chi connectivity index (χ3v) is 7.94. The molecule has 2 amide bonds. The van der Waals surface area contributed by atoms with Gasteiger partial charge in [-0.3, -0.25) is 14.6 Å². The van der Waals surface area contributed by atoms with Crippen LogP contribution in [0.25, 0.3) is 0 Å². The standard InChI is InChI=1S/C27H29N3O4S/c1-27(2,22-4-3-15-28-17-22)30-26(32)21-9-11-23(12-10-21)29-25(31)16-19-7-13-24(14-8-19)35(33,34)18-20-5-6-20/h3-4,7-15,17,20H,5-6,16,18H2,1-2H3,(H,29,31)(H,30,32). The van der Waals surface area contributed by atoms with E-state index < -0.39 is 15.4 Å². The van der Waals surface area contributed by atoms with Gasteiger partial charge in [0.1, 0.15) is 0 Å². The van der Waals surface area contributed by atoms with Gasteiger partial charge in [0.15, 0.2) is 9.84 Å². The predicted molar refractivity (Wildman–Crippen MR) is 135 cm³/mol. The molecule has 0 spiro atoms. The van der Waals surface area contributed by atoms with E-state index in [4.69, 9.17) is 0 Å². The Morgan fingerprint density at radius 2 is 1.69 bits per heavy atom. The number of hydrogen-bond acceptors (Lipinski definition) is 5. The highest BCUT2D eigenvalue weighted by molar-refractivity contribution is 7.91. The molecule has 0 unspecified atom stereocenters. The van der Waals surface area contributed by atoms with Crippen LogP contribution in [0.1, 0.15) is 48.2 Å². The summed E-state index contributed by atoms with van der Waals surface area (Å²) in [6.07, 6.45) is 5.48. The van der Waals surface area contributed by atoms with Gasteiger partial charge in [0.05, 0.1) is 22.6 Å². The SMILES string of the molecule is CC(C)(NC(=O)c1ccc(NC(=O)Cc2ccc(S(=O)(=O)CC3CC3)cc2)cc1)c1cccnc1. The summed E-state index contributed by atoms with van der Waals surface area (Å²) in [6.45, 7) is 3.82. The fraction of sp³-hybridized carbons (Fsp3) is 0.296. The van der Waals surface area contributed by atoms with E-state index in [9.17, 15) is 18.0 Å². The molecule has 8 heteroatoms. The van der Waals surface area contributed by atoms with Crippen LogP contribution in [0.4, 0.5) is 5.69 Å². The second kappa shape index (κ2) is 10.00. The maximum absolute atomic E-state index is 12.7. The van der Waals surface area contributed by atoms with Crippen molar-refractivity contribution in [2.24, 2.45) is 5.92 Å². The van der Waals surface area contributed by atoms with Crippen LogP contribution in [-0.4, -0.2) is 31.0 Å². The lowest BCUT2D eigenvalue weighted by atomic mass is 9.95. The molecule has 2 aromatic carbocycles. The van der Waals surface area contributed by atoms with Gasteiger partial charge in [-0.05, 0) is 86.2 Å². The highest BCUT2D eigenvalue weighted by Gasteiger charge is 2.29. The molecule has 0 atom stereocenters. The number of sulfone groups is 1. The Hall–Kier alpha value is -3.52. The minimum atomic E-state index is -3.27. The van der Waals surface area contributed by atoms with Crippen molar-refractivity contribution in [1.29, 1.82) is 0 Å². The molecule has 2 N–H and O–H groups in total. The van der Waals surface area contributed by atoms with E-state index in [0.717, 1.165) is 24.0 Å². The number of anilines is 1. The van der Waals surface area contributed by atoms with Crippen molar-refractivity contribution in [3.8, 4) is 0 Å². The summed E-state index contributed by atoms with van der Waals surface area (Å²) in [4.78, 5) is 29.6. The summed E-state index contributed by atoms with van der Waals surface area (Å²) in [6, 6.07) is 16.9. The highest BCUT2D eigenvalue weighted by atomic mass is 32.2. The molecule has 35 heavy (non-hydrogen) atoms. The lowest BCUT2D eigenvalue weighted by Gasteiger charge is -2.26. The molecule has 1 saturated carbocycles. The zero-order valence-electron chi connectivity index (χ0n) is 19.8. The van der Waals surface area contributed by atoms with E-state index in [1.54, 1.807) is 60.9 Å². The first-order chi connectivity index (χ1) is 16.6. The van der Waals surface area contributed by atoms with Gasteiger partial charge in [-0.25, -0.2) is 8.42 Å². The third-order valence-electron chi connectivity index (χ3n) is 6.04. The molecule has 4 rings (SSSR count). The number of nitrogens with one attached hydrogen (secondary N) is 2. The van der Waals surface area contributed by atoms with E-state index in [0.29, 0.717) is 16.1 Å². The summed E-state index contributed by atoms with van der Waals surface area (Å²) in [5.41, 5.74) is 2.07. The van der Waals surface area contributed by atoms with Gasteiger partial charge in [-0.15, -0.1) is 0 Å². The first-order valence-electron chi connectivity index (χ1n) is 11.6. The minimum Gasteiger partial charge on any atom is -0.343 e. The summed E-state index contributed by atoms with van der Waals surface area (Å²) in [7, 11) is -3.27. The van der Waals surface area contributed by atoms with Crippen LogP contribution in [0, 0.1) is 5.92 Å². The second-order valence-electron chi connectivity index (χ2n) is 9.49. The Morgan fingerprint density at radius 1 is 1.00 bits per heavy atom. The van der Waals surface area contributed by atoms with Gasteiger partial charge < -0.3 is 10.6 Å². The number of nitrogens with zero attached hydrogens (tertiary/aromatic N) is 1. The first-order valence-corrected chi connectivity index (χ1v) is 13.2. The van der Waals surface area contributed by atoms with E-state index in [1.165, 1.54) is 0 Å². The van der Waals surface area contributed by atoms with Crippen LogP contribution in [0.15, 0.2) is 78.0 Å². The zero-order chi connectivity index (χ0) is 25.1. The molecule has 1 aliphatic carbocycles. The van der Waals surface area contributed by atoms with Crippen molar-refractivity contribution in [1.82, 2.24) is 10.3 Å². The minimum absolute atomic E-state index is 0.116. The normalized spacial score (nSPS) is 13.8. The first kappa shape index (κ1) is 24.6. The summed E-state index contributed by atoms with van der Waals surface area (Å²) in [5.74, 6) is 0.0273. The van der Waals surface area contributed by atoms with E-state index in [1.807, 2.05) is 26.0 Å². The van der Waals surface area contributed by atoms with Gasteiger partial charge in [0.2, 0.25) is 5.91 Å². The Bertz CT molecular complexity index is 1300. The van der Waals surface area contributed by atoms with Gasteiger partial charge in [-0.1, -0.05) is 18.2 Å². The second-order valence-corrected chi connectivity index (χ2v) is 11.5. The molecule has 1 fully saturated rings. The smallest absolute Gasteiger partial charge is 0.251 e. The number of benzene rings is 2.